The maximum atomic E-state index is 12.2. The van der Waals surface area contributed by atoms with Crippen LogP contribution in [0.4, 0.5) is 0 Å². The zero-order valence-electron chi connectivity index (χ0n) is 13.2. The van der Waals surface area contributed by atoms with Crippen LogP contribution < -0.4 is 0 Å². The van der Waals surface area contributed by atoms with Crippen molar-refractivity contribution in [1.82, 2.24) is 4.90 Å². The topological polar surface area (TPSA) is 66.8 Å². The first kappa shape index (κ1) is 16.7. The van der Waals surface area contributed by atoms with Crippen LogP contribution >= 0.6 is 11.3 Å². The first-order valence-electron chi connectivity index (χ1n) is 7.91. The van der Waals surface area contributed by atoms with Crippen LogP contribution in [-0.2, 0) is 11.2 Å². The van der Waals surface area contributed by atoms with Crippen LogP contribution in [0.25, 0.3) is 0 Å². The second-order valence-electron chi connectivity index (χ2n) is 5.76. The number of thiophene rings is 1. The zero-order chi connectivity index (χ0) is 16.9. The third-order valence-corrected chi connectivity index (χ3v) is 5.03. The number of aromatic carboxylic acids is 1. The minimum absolute atomic E-state index is 0.0867. The van der Waals surface area contributed by atoms with Crippen LogP contribution in [0.1, 0.15) is 31.3 Å². The van der Waals surface area contributed by atoms with Crippen molar-refractivity contribution in [3.8, 4) is 0 Å². The summed E-state index contributed by atoms with van der Waals surface area (Å²) >= 11 is 1.02. The number of aryl methyl sites for hydroxylation is 1. The number of ether oxygens (including phenoxy) is 1. The van der Waals surface area contributed by atoms with Crippen LogP contribution in [0.15, 0.2) is 42.5 Å². The highest BCUT2D eigenvalue weighted by Gasteiger charge is 2.32. The van der Waals surface area contributed by atoms with Gasteiger partial charge in [-0.2, -0.15) is 0 Å². The van der Waals surface area contributed by atoms with E-state index in [-0.39, 0.29) is 16.9 Å². The summed E-state index contributed by atoms with van der Waals surface area (Å²) in [7, 11) is 0. The maximum Gasteiger partial charge on any atom is 0.345 e. The van der Waals surface area contributed by atoms with Crippen molar-refractivity contribution in [2.75, 3.05) is 19.7 Å². The van der Waals surface area contributed by atoms with E-state index in [1.165, 1.54) is 11.6 Å². The lowest BCUT2D eigenvalue weighted by molar-refractivity contribution is -0.0428. The van der Waals surface area contributed by atoms with Crippen molar-refractivity contribution in [1.29, 1.82) is 0 Å². The van der Waals surface area contributed by atoms with E-state index in [1.54, 1.807) is 11.0 Å². The van der Waals surface area contributed by atoms with Gasteiger partial charge in [0.05, 0.1) is 11.0 Å². The summed E-state index contributed by atoms with van der Waals surface area (Å²) in [6.45, 7) is 1.83. The number of nitrogens with zero attached hydrogens (tertiary/aromatic N) is 1. The van der Waals surface area contributed by atoms with E-state index < -0.39 is 5.97 Å². The third kappa shape index (κ3) is 4.01. The lowest BCUT2D eigenvalue weighted by atomic mass is 10.1. The van der Waals surface area contributed by atoms with Gasteiger partial charge in [0.1, 0.15) is 4.88 Å². The van der Waals surface area contributed by atoms with Crippen LogP contribution in [0.5, 0.6) is 0 Å². The molecule has 1 amide bonds. The molecule has 0 aliphatic carbocycles. The number of benzene rings is 1. The van der Waals surface area contributed by atoms with Gasteiger partial charge in [-0.3, -0.25) is 4.79 Å². The molecule has 1 aliphatic rings. The fourth-order valence-electron chi connectivity index (χ4n) is 2.60. The van der Waals surface area contributed by atoms with E-state index in [9.17, 15) is 9.59 Å². The fraction of sp³-hybridized carbons (Fsp3) is 0.333. The van der Waals surface area contributed by atoms with Crippen molar-refractivity contribution in [2.45, 2.75) is 18.9 Å². The Morgan fingerprint density at radius 2 is 1.83 bits per heavy atom. The number of carbonyl (C=O) groups is 2. The van der Waals surface area contributed by atoms with Crippen molar-refractivity contribution in [3.63, 3.8) is 0 Å². The maximum absolute atomic E-state index is 12.2. The Labute approximate surface area is 144 Å². The minimum Gasteiger partial charge on any atom is -0.477 e. The first-order valence-corrected chi connectivity index (χ1v) is 8.73. The number of carbonyl (C=O) groups excluding carboxylic acids is 1. The van der Waals surface area contributed by atoms with Crippen LogP contribution in [0, 0.1) is 0 Å². The normalized spacial score (nSPS) is 14.4. The Kier molecular flexibility index (Phi) is 5.27. The first-order chi connectivity index (χ1) is 11.6. The summed E-state index contributed by atoms with van der Waals surface area (Å²) in [5, 5.41) is 8.90. The summed E-state index contributed by atoms with van der Waals surface area (Å²) in [5.74, 6) is -1.11. The summed E-state index contributed by atoms with van der Waals surface area (Å²) in [5.41, 5.74) is 1.30. The second-order valence-corrected chi connectivity index (χ2v) is 6.84. The predicted octanol–water partition coefficient (Wildman–Crippen LogP) is 2.92. The summed E-state index contributed by atoms with van der Waals surface area (Å²) in [6.07, 6.45) is 2.04. The molecule has 2 heterocycles. The van der Waals surface area contributed by atoms with E-state index in [4.69, 9.17) is 9.84 Å². The Hall–Kier alpha value is -2.18. The second kappa shape index (κ2) is 7.59. The smallest absolute Gasteiger partial charge is 0.345 e. The summed E-state index contributed by atoms with van der Waals surface area (Å²) < 4.78 is 5.77. The van der Waals surface area contributed by atoms with Crippen LogP contribution in [-0.4, -0.2) is 47.7 Å². The largest absolute Gasteiger partial charge is 0.477 e. The third-order valence-electron chi connectivity index (χ3n) is 3.97. The van der Waals surface area contributed by atoms with Gasteiger partial charge in [-0.1, -0.05) is 30.3 Å². The minimum atomic E-state index is -0.998. The molecule has 0 saturated carbocycles. The van der Waals surface area contributed by atoms with Crippen molar-refractivity contribution < 1.29 is 19.4 Å². The Morgan fingerprint density at radius 3 is 2.50 bits per heavy atom. The average Bonchev–Trinajstić information content (AvgIpc) is 3.04. The molecule has 1 N–H and O–H groups in total. The number of carboxylic acids is 1. The lowest BCUT2D eigenvalue weighted by Gasteiger charge is -2.38. The molecule has 6 heteroatoms. The quantitative estimate of drug-likeness (QED) is 0.784. The van der Waals surface area contributed by atoms with Gasteiger partial charge in [-0.15, -0.1) is 11.3 Å². The van der Waals surface area contributed by atoms with Gasteiger partial charge in [-0.25, -0.2) is 4.79 Å². The van der Waals surface area contributed by atoms with E-state index in [0.29, 0.717) is 24.6 Å². The van der Waals surface area contributed by atoms with Gasteiger partial charge in [0.15, 0.2) is 0 Å². The zero-order valence-corrected chi connectivity index (χ0v) is 14.0. The van der Waals surface area contributed by atoms with E-state index in [1.807, 2.05) is 18.2 Å². The number of rotatable bonds is 7. The number of amides is 1. The highest BCUT2D eigenvalue weighted by Crippen LogP contribution is 2.22. The van der Waals surface area contributed by atoms with Crippen molar-refractivity contribution in [3.05, 3.63) is 57.8 Å². The molecule has 5 nitrogen and oxygen atoms in total. The number of hydrogen-bond acceptors (Lipinski definition) is 4. The highest BCUT2D eigenvalue weighted by atomic mass is 32.1. The molecular formula is C18H19NO4S. The van der Waals surface area contributed by atoms with E-state index >= 15 is 0 Å². The highest BCUT2D eigenvalue weighted by molar-refractivity contribution is 7.15. The average molecular weight is 345 g/mol. The van der Waals surface area contributed by atoms with Gasteiger partial charge >= 0.3 is 5.97 Å². The van der Waals surface area contributed by atoms with Gasteiger partial charge < -0.3 is 14.7 Å². The Balaban J connectivity index is 1.36. The molecule has 0 radical (unpaired) electrons. The standard InChI is InChI=1S/C18H19NO4S/c20-17(15-8-9-16(24-15)18(21)22)19-11-14(12-19)23-10-4-7-13-5-2-1-3-6-13/h1-3,5-6,8-9,14H,4,7,10-12H2,(H,21,22). The number of hydrogen-bond donors (Lipinski definition) is 1. The number of carboxylic acid groups (broad SMARTS) is 1. The van der Waals surface area contributed by atoms with Crippen molar-refractivity contribution in [2.24, 2.45) is 0 Å². The van der Waals surface area contributed by atoms with E-state index in [0.717, 1.165) is 24.2 Å². The molecule has 1 aliphatic heterocycles. The molecule has 3 rings (SSSR count). The monoisotopic (exact) mass is 345 g/mol. The van der Waals surface area contributed by atoms with Gasteiger partial charge in [-0.05, 0) is 30.5 Å². The molecule has 0 atom stereocenters. The molecule has 2 aromatic rings. The molecule has 0 unspecified atom stereocenters. The molecule has 1 saturated heterocycles. The summed E-state index contributed by atoms with van der Waals surface area (Å²) in [6, 6.07) is 13.3. The van der Waals surface area contributed by atoms with Gasteiger partial charge in [0, 0.05) is 19.7 Å². The molecule has 126 valence electrons. The Bertz CT molecular complexity index is 707. The molecule has 24 heavy (non-hydrogen) atoms. The molecular weight excluding hydrogens is 326 g/mol. The van der Waals surface area contributed by atoms with Crippen LogP contribution in [0.2, 0.25) is 0 Å². The van der Waals surface area contributed by atoms with Crippen molar-refractivity contribution >= 4 is 23.2 Å². The molecule has 0 spiro atoms. The van der Waals surface area contributed by atoms with E-state index in [2.05, 4.69) is 12.1 Å². The molecule has 1 aromatic carbocycles. The fourth-order valence-corrected chi connectivity index (χ4v) is 3.42. The van der Waals surface area contributed by atoms with Gasteiger partial charge in [0.2, 0.25) is 0 Å². The molecule has 1 fully saturated rings. The number of likely N-dealkylation sites (tertiary alicyclic amines) is 1. The molecule has 1 aromatic heterocycles. The predicted molar refractivity (Wildman–Crippen MR) is 91.7 cm³/mol. The molecule has 0 bridgehead atoms. The van der Waals surface area contributed by atoms with Crippen LogP contribution in [0.3, 0.4) is 0 Å². The lowest BCUT2D eigenvalue weighted by Crippen LogP contribution is -2.54. The van der Waals surface area contributed by atoms with Gasteiger partial charge in [0.25, 0.3) is 5.91 Å². The Morgan fingerprint density at radius 1 is 1.12 bits per heavy atom. The SMILES string of the molecule is O=C(O)c1ccc(C(=O)N2CC(OCCCc3ccccc3)C2)s1. The summed E-state index contributed by atoms with van der Waals surface area (Å²) in [4.78, 5) is 25.4.